The van der Waals surface area contributed by atoms with E-state index in [1.54, 1.807) is 6.07 Å². The van der Waals surface area contributed by atoms with E-state index in [0.29, 0.717) is 6.61 Å². The summed E-state index contributed by atoms with van der Waals surface area (Å²) in [5.74, 6) is -0.271. The van der Waals surface area contributed by atoms with Gasteiger partial charge in [0.05, 0.1) is 12.7 Å². The van der Waals surface area contributed by atoms with Crippen LogP contribution >= 0.6 is 15.9 Å². The number of hydrogen-bond donors (Lipinski definition) is 1. The lowest BCUT2D eigenvalue weighted by Gasteiger charge is -2.24. The normalized spacial score (nSPS) is 13.9. The van der Waals surface area contributed by atoms with Crippen molar-refractivity contribution < 1.29 is 9.13 Å². The Bertz CT molecular complexity index is 591. The summed E-state index contributed by atoms with van der Waals surface area (Å²) in [4.78, 5) is 0. The van der Waals surface area contributed by atoms with E-state index >= 15 is 0 Å². The molecule has 2 nitrogen and oxygen atoms in total. The maximum absolute atomic E-state index is 13.4. The Hall–Kier alpha value is -1.23. The molecule has 0 bridgehead atoms. The fraction of sp³-hybridized carbons (Fsp3) is 0.294. The van der Waals surface area contributed by atoms with Crippen LogP contribution in [-0.4, -0.2) is 6.04 Å². The summed E-state index contributed by atoms with van der Waals surface area (Å²) in [6.45, 7) is 2.44. The van der Waals surface area contributed by atoms with Crippen molar-refractivity contribution in [2.75, 3.05) is 0 Å². The SMILES string of the molecule is CCC(N)C(OCc1cccc(Br)c1)c1cccc(F)c1. The molecule has 0 amide bonds. The zero-order valence-corrected chi connectivity index (χ0v) is 13.5. The van der Waals surface area contributed by atoms with E-state index in [9.17, 15) is 4.39 Å². The minimum absolute atomic E-state index is 0.168. The van der Waals surface area contributed by atoms with Crippen molar-refractivity contribution in [3.8, 4) is 0 Å². The number of ether oxygens (including phenoxy) is 1. The Labute approximate surface area is 133 Å². The Balaban J connectivity index is 2.14. The predicted molar refractivity (Wildman–Crippen MR) is 86.3 cm³/mol. The second-order valence-electron chi connectivity index (χ2n) is 4.99. The van der Waals surface area contributed by atoms with Gasteiger partial charge in [-0.05, 0) is 41.8 Å². The van der Waals surface area contributed by atoms with E-state index in [-0.39, 0.29) is 18.0 Å². The smallest absolute Gasteiger partial charge is 0.123 e. The van der Waals surface area contributed by atoms with Crippen molar-refractivity contribution >= 4 is 15.9 Å². The molecule has 2 aromatic carbocycles. The van der Waals surface area contributed by atoms with E-state index < -0.39 is 0 Å². The van der Waals surface area contributed by atoms with Crippen LogP contribution in [0, 0.1) is 5.82 Å². The molecule has 2 N–H and O–H groups in total. The summed E-state index contributed by atoms with van der Waals surface area (Å²) >= 11 is 3.44. The number of halogens is 2. The van der Waals surface area contributed by atoms with E-state index in [2.05, 4.69) is 15.9 Å². The van der Waals surface area contributed by atoms with Crippen LogP contribution in [-0.2, 0) is 11.3 Å². The fourth-order valence-corrected chi connectivity index (χ4v) is 2.62. The maximum Gasteiger partial charge on any atom is 0.123 e. The summed E-state index contributed by atoms with van der Waals surface area (Å²) in [6, 6.07) is 14.2. The van der Waals surface area contributed by atoms with Crippen molar-refractivity contribution in [3.05, 3.63) is 69.9 Å². The van der Waals surface area contributed by atoms with Crippen molar-refractivity contribution in [2.24, 2.45) is 5.73 Å². The summed E-state index contributed by atoms with van der Waals surface area (Å²) in [6.07, 6.45) is 0.448. The molecule has 0 radical (unpaired) electrons. The van der Waals surface area contributed by atoms with Gasteiger partial charge in [-0.2, -0.15) is 0 Å². The number of hydrogen-bond acceptors (Lipinski definition) is 2. The topological polar surface area (TPSA) is 35.2 Å². The Morgan fingerprint density at radius 3 is 2.62 bits per heavy atom. The quantitative estimate of drug-likeness (QED) is 0.826. The minimum Gasteiger partial charge on any atom is -0.367 e. The van der Waals surface area contributed by atoms with Gasteiger partial charge in [0.25, 0.3) is 0 Å². The fourth-order valence-electron chi connectivity index (χ4n) is 2.18. The molecule has 112 valence electrons. The van der Waals surface area contributed by atoms with Gasteiger partial charge >= 0.3 is 0 Å². The van der Waals surface area contributed by atoms with Crippen LogP contribution in [0.2, 0.25) is 0 Å². The van der Waals surface area contributed by atoms with Gasteiger partial charge in [-0.3, -0.25) is 0 Å². The third kappa shape index (κ3) is 4.63. The first-order valence-electron chi connectivity index (χ1n) is 6.97. The molecular formula is C17H19BrFNO. The Morgan fingerprint density at radius 1 is 1.19 bits per heavy atom. The lowest BCUT2D eigenvalue weighted by Crippen LogP contribution is -2.29. The molecule has 0 fully saturated rings. The molecule has 2 unspecified atom stereocenters. The van der Waals surface area contributed by atoms with Gasteiger partial charge in [-0.15, -0.1) is 0 Å². The molecule has 0 heterocycles. The van der Waals surface area contributed by atoms with Crippen LogP contribution in [0.4, 0.5) is 4.39 Å². The van der Waals surface area contributed by atoms with Crippen molar-refractivity contribution in [1.82, 2.24) is 0 Å². The zero-order chi connectivity index (χ0) is 15.2. The van der Waals surface area contributed by atoms with E-state index in [1.165, 1.54) is 12.1 Å². The van der Waals surface area contributed by atoms with Gasteiger partial charge in [0.15, 0.2) is 0 Å². The van der Waals surface area contributed by atoms with Crippen molar-refractivity contribution in [3.63, 3.8) is 0 Å². The zero-order valence-electron chi connectivity index (χ0n) is 11.9. The number of benzene rings is 2. The first kappa shape index (κ1) is 16.1. The van der Waals surface area contributed by atoms with Crippen LogP contribution in [0.15, 0.2) is 53.0 Å². The molecule has 0 spiro atoms. The van der Waals surface area contributed by atoms with Gasteiger partial charge < -0.3 is 10.5 Å². The first-order valence-corrected chi connectivity index (χ1v) is 7.76. The highest BCUT2D eigenvalue weighted by Gasteiger charge is 2.19. The summed E-state index contributed by atoms with van der Waals surface area (Å²) in [5.41, 5.74) is 7.96. The maximum atomic E-state index is 13.4. The predicted octanol–water partition coefficient (Wildman–Crippen LogP) is 4.58. The molecule has 0 saturated carbocycles. The highest BCUT2D eigenvalue weighted by Crippen LogP contribution is 2.24. The lowest BCUT2D eigenvalue weighted by atomic mass is 10.0. The molecule has 0 aliphatic carbocycles. The minimum atomic E-state index is -0.315. The Morgan fingerprint density at radius 2 is 1.95 bits per heavy atom. The van der Waals surface area contributed by atoms with E-state index in [0.717, 1.165) is 22.0 Å². The van der Waals surface area contributed by atoms with Crippen molar-refractivity contribution in [2.45, 2.75) is 32.1 Å². The first-order chi connectivity index (χ1) is 10.1. The molecule has 0 aliphatic rings. The third-order valence-corrected chi connectivity index (χ3v) is 3.85. The van der Waals surface area contributed by atoms with Crippen LogP contribution in [0.1, 0.15) is 30.6 Å². The summed E-state index contributed by atoms with van der Waals surface area (Å²) < 4.78 is 20.4. The highest BCUT2D eigenvalue weighted by atomic mass is 79.9. The second kappa shape index (κ2) is 7.69. The summed E-state index contributed by atoms with van der Waals surface area (Å²) in [7, 11) is 0. The van der Waals surface area contributed by atoms with Gasteiger partial charge in [-0.1, -0.05) is 47.1 Å². The standard InChI is InChI=1S/C17H19BrFNO/c1-2-16(20)17(13-6-4-8-15(19)10-13)21-11-12-5-3-7-14(18)9-12/h3-10,16-17H,2,11,20H2,1H3. The van der Waals surface area contributed by atoms with Gasteiger partial charge in [0.1, 0.15) is 5.82 Å². The molecule has 4 heteroatoms. The van der Waals surface area contributed by atoms with Gasteiger partial charge in [0.2, 0.25) is 0 Å². The van der Waals surface area contributed by atoms with Crippen molar-refractivity contribution in [1.29, 1.82) is 0 Å². The van der Waals surface area contributed by atoms with E-state index in [4.69, 9.17) is 10.5 Å². The molecular weight excluding hydrogens is 333 g/mol. The second-order valence-corrected chi connectivity index (χ2v) is 5.90. The molecule has 21 heavy (non-hydrogen) atoms. The van der Waals surface area contributed by atoms with Crippen LogP contribution in [0.5, 0.6) is 0 Å². The van der Waals surface area contributed by atoms with Gasteiger partial charge in [-0.25, -0.2) is 4.39 Å². The average molecular weight is 352 g/mol. The average Bonchev–Trinajstić information content (AvgIpc) is 2.47. The molecule has 0 aliphatic heterocycles. The Kier molecular flexibility index (Phi) is 5.91. The molecule has 2 aromatic rings. The molecule has 2 rings (SSSR count). The highest BCUT2D eigenvalue weighted by molar-refractivity contribution is 9.10. The number of nitrogens with two attached hydrogens (primary N) is 1. The van der Waals surface area contributed by atoms with Crippen LogP contribution in [0.25, 0.3) is 0 Å². The lowest BCUT2D eigenvalue weighted by molar-refractivity contribution is 0.0211. The monoisotopic (exact) mass is 351 g/mol. The summed E-state index contributed by atoms with van der Waals surface area (Å²) in [5, 5.41) is 0. The van der Waals surface area contributed by atoms with Crippen LogP contribution < -0.4 is 5.73 Å². The third-order valence-electron chi connectivity index (χ3n) is 3.36. The number of rotatable bonds is 6. The van der Waals surface area contributed by atoms with Gasteiger partial charge in [0, 0.05) is 10.5 Å². The molecule has 0 saturated heterocycles. The molecule has 0 aromatic heterocycles. The van der Waals surface area contributed by atoms with E-state index in [1.807, 2.05) is 37.3 Å². The molecule has 2 atom stereocenters. The van der Waals surface area contributed by atoms with Crippen LogP contribution in [0.3, 0.4) is 0 Å². The largest absolute Gasteiger partial charge is 0.367 e.